The Hall–Kier alpha value is -2.53. The van der Waals surface area contributed by atoms with Gasteiger partial charge in [0.25, 0.3) is 0 Å². The zero-order valence-corrected chi connectivity index (χ0v) is 20.7. The number of imidazole rings is 1. The number of para-hydroxylation sites is 1. The van der Waals surface area contributed by atoms with Crippen LogP contribution in [0.2, 0.25) is 0 Å². The molecule has 3 heterocycles. The number of hydrogen-bond acceptors (Lipinski definition) is 7. The molecule has 0 N–H and O–H groups in total. The minimum atomic E-state index is -3.57. The second kappa shape index (κ2) is 9.99. The van der Waals surface area contributed by atoms with E-state index in [1.165, 1.54) is 4.31 Å². The first-order valence-electron chi connectivity index (χ1n) is 11.5. The van der Waals surface area contributed by atoms with Crippen LogP contribution in [-0.4, -0.2) is 58.5 Å². The van der Waals surface area contributed by atoms with Gasteiger partial charge in [-0.25, -0.2) is 23.4 Å². The van der Waals surface area contributed by atoms with Crippen LogP contribution in [0.5, 0.6) is 0 Å². The molecule has 2 aromatic heterocycles. The zero-order chi connectivity index (χ0) is 23.5. The largest absolute Gasteiger partial charge is 0.379 e. The Morgan fingerprint density at radius 3 is 2.71 bits per heavy atom. The number of aryl methyl sites for hydroxylation is 1. The van der Waals surface area contributed by atoms with Crippen molar-refractivity contribution in [1.29, 1.82) is 0 Å². The van der Waals surface area contributed by atoms with E-state index in [9.17, 15) is 8.42 Å². The predicted molar refractivity (Wildman–Crippen MR) is 133 cm³/mol. The van der Waals surface area contributed by atoms with E-state index in [1.807, 2.05) is 30.3 Å². The third kappa shape index (κ3) is 4.55. The number of ether oxygens (including phenoxy) is 1. The van der Waals surface area contributed by atoms with E-state index in [1.54, 1.807) is 30.2 Å². The van der Waals surface area contributed by atoms with Crippen molar-refractivity contribution in [3.8, 4) is 0 Å². The summed E-state index contributed by atoms with van der Waals surface area (Å²) in [6.45, 7) is 4.59. The molecule has 0 unspecified atom stereocenters. The Morgan fingerprint density at radius 1 is 1.06 bits per heavy atom. The third-order valence-electron chi connectivity index (χ3n) is 5.99. The summed E-state index contributed by atoms with van der Waals surface area (Å²) in [6, 6.07) is 13.3. The van der Waals surface area contributed by atoms with Crippen LogP contribution in [0.25, 0.3) is 21.9 Å². The highest BCUT2D eigenvalue weighted by molar-refractivity contribution is 7.98. The Balaban J connectivity index is 1.48. The smallest absolute Gasteiger partial charge is 0.243 e. The summed E-state index contributed by atoms with van der Waals surface area (Å²) in [6.07, 6.45) is 3.67. The fraction of sp³-hybridized carbons (Fsp3) is 0.375. The summed E-state index contributed by atoms with van der Waals surface area (Å²) in [5.41, 5.74) is 2.57. The molecular formula is C24H27N5O3S2. The van der Waals surface area contributed by atoms with E-state index in [2.05, 4.69) is 21.5 Å². The SMILES string of the molecule is CCCCn1c(CSc2ncnc3ccccc23)nc2cc(S(=O)(=O)N3CCOCC3)ccc21. The molecule has 4 aromatic rings. The lowest BCUT2D eigenvalue weighted by Gasteiger charge is -2.26. The topological polar surface area (TPSA) is 90.2 Å². The van der Waals surface area contributed by atoms with Gasteiger partial charge in [-0.3, -0.25) is 0 Å². The van der Waals surface area contributed by atoms with Crippen molar-refractivity contribution < 1.29 is 13.2 Å². The van der Waals surface area contributed by atoms with E-state index in [0.29, 0.717) is 37.6 Å². The highest BCUT2D eigenvalue weighted by Crippen LogP contribution is 2.30. The molecule has 0 amide bonds. The van der Waals surface area contributed by atoms with Gasteiger partial charge >= 0.3 is 0 Å². The van der Waals surface area contributed by atoms with Gasteiger partial charge in [-0.1, -0.05) is 43.3 Å². The van der Waals surface area contributed by atoms with Gasteiger partial charge in [0.2, 0.25) is 10.0 Å². The third-order valence-corrected chi connectivity index (χ3v) is 8.88. The van der Waals surface area contributed by atoms with Gasteiger partial charge < -0.3 is 9.30 Å². The van der Waals surface area contributed by atoms with Crippen molar-refractivity contribution in [3.63, 3.8) is 0 Å². The van der Waals surface area contributed by atoms with Crippen molar-refractivity contribution in [2.75, 3.05) is 26.3 Å². The van der Waals surface area contributed by atoms with Crippen molar-refractivity contribution >= 4 is 43.7 Å². The highest BCUT2D eigenvalue weighted by atomic mass is 32.2. The Labute approximate surface area is 203 Å². The molecule has 178 valence electrons. The summed E-state index contributed by atoms with van der Waals surface area (Å²) in [4.78, 5) is 14.0. The number of aromatic nitrogens is 4. The maximum atomic E-state index is 13.1. The van der Waals surface area contributed by atoms with Crippen molar-refractivity contribution in [2.24, 2.45) is 0 Å². The lowest BCUT2D eigenvalue weighted by atomic mass is 10.2. The lowest BCUT2D eigenvalue weighted by molar-refractivity contribution is 0.0730. The minimum Gasteiger partial charge on any atom is -0.379 e. The van der Waals surface area contributed by atoms with E-state index in [-0.39, 0.29) is 4.90 Å². The Bertz CT molecular complexity index is 1410. The molecule has 0 atom stereocenters. The van der Waals surface area contributed by atoms with Gasteiger partial charge in [0.05, 0.1) is 40.4 Å². The van der Waals surface area contributed by atoms with Gasteiger partial charge in [-0.2, -0.15) is 4.31 Å². The summed E-state index contributed by atoms with van der Waals surface area (Å²) < 4.78 is 35.3. The molecule has 1 saturated heterocycles. The van der Waals surface area contributed by atoms with Crippen LogP contribution in [0.15, 0.2) is 58.7 Å². The van der Waals surface area contributed by atoms with Gasteiger partial charge in [-0.15, -0.1) is 0 Å². The minimum absolute atomic E-state index is 0.281. The molecular weight excluding hydrogens is 470 g/mol. The number of sulfonamides is 1. The first-order chi connectivity index (χ1) is 16.6. The molecule has 10 heteroatoms. The average molecular weight is 498 g/mol. The second-order valence-electron chi connectivity index (χ2n) is 8.18. The maximum absolute atomic E-state index is 13.1. The van der Waals surface area contributed by atoms with Crippen molar-refractivity contribution in [3.05, 3.63) is 54.6 Å². The first-order valence-corrected chi connectivity index (χ1v) is 13.9. The van der Waals surface area contributed by atoms with Crippen LogP contribution in [0.3, 0.4) is 0 Å². The van der Waals surface area contributed by atoms with Crippen LogP contribution in [0, 0.1) is 0 Å². The van der Waals surface area contributed by atoms with Gasteiger partial charge in [-0.05, 0) is 30.7 Å². The number of unbranched alkanes of at least 4 members (excludes halogenated alkanes) is 1. The molecule has 1 aliphatic rings. The molecule has 1 aliphatic heterocycles. The van der Waals surface area contributed by atoms with Crippen LogP contribution >= 0.6 is 11.8 Å². The summed E-state index contributed by atoms with van der Waals surface area (Å²) in [7, 11) is -3.57. The Morgan fingerprint density at radius 2 is 1.88 bits per heavy atom. The van der Waals surface area contributed by atoms with Crippen LogP contribution < -0.4 is 0 Å². The molecule has 0 saturated carbocycles. The quantitative estimate of drug-likeness (QED) is 0.267. The molecule has 1 fully saturated rings. The summed E-state index contributed by atoms with van der Waals surface area (Å²) in [5.74, 6) is 1.54. The molecule has 34 heavy (non-hydrogen) atoms. The number of rotatable bonds is 8. The number of thioether (sulfide) groups is 1. The molecule has 0 spiro atoms. The van der Waals surface area contributed by atoms with E-state index >= 15 is 0 Å². The fourth-order valence-corrected chi connectivity index (χ4v) is 6.52. The molecule has 0 bridgehead atoms. The van der Waals surface area contributed by atoms with E-state index in [4.69, 9.17) is 9.72 Å². The molecule has 8 nitrogen and oxygen atoms in total. The van der Waals surface area contributed by atoms with Gasteiger partial charge in [0.1, 0.15) is 17.2 Å². The molecule has 0 radical (unpaired) electrons. The van der Waals surface area contributed by atoms with Gasteiger partial charge in [0, 0.05) is 25.0 Å². The van der Waals surface area contributed by atoms with Crippen molar-refractivity contribution in [1.82, 2.24) is 23.8 Å². The molecule has 0 aliphatic carbocycles. The standard InChI is InChI=1S/C24H27N5O3S2/c1-2-3-10-29-22-9-8-18(34(30,31)28-11-13-32-14-12-28)15-21(22)27-23(29)16-33-24-19-6-4-5-7-20(19)25-17-26-24/h4-9,15,17H,2-3,10-14,16H2,1H3. The van der Waals surface area contributed by atoms with E-state index < -0.39 is 10.0 Å². The second-order valence-corrected chi connectivity index (χ2v) is 11.1. The molecule has 2 aromatic carbocycles. The monoisotopic (exact) mass is 497 g/mol. The lowest BCUT2D eigenvalue weighted by Crippen LogP contribution is -2.40. The number of hydrogen-bond donors (Lipinski definition) is 0. The summed E-state index contributed by atoms with van der Waals surface area (Å²) in [5, 5.41) is 1.93. The predicted octanol–water partition coefficient (Wildman–Crippen LogP) is 4.09. The van der Waals surface area contributed by atoms with Crippen molar-refractivity contribution in [2.45, 2.75) is 42.0 Å². The number of benzene rings is 2. The van der Waals surface area contributed by atoms with Crippen LogP contribution in [0.1, 0.15) is 25.6 Å². The fourth-order valence-electron chi connectivity index (χ4n) is 4.16. The maximum Gasteiger partial charge on any atom is 0.243 e. The van der Waals surface area contributed by atoms with Gasteiger partial charge in [0.15, 0.2) is 0 Å². The molecule has 5 rings (SSSR count). The van der Waals surface area contributed by atoms with Crippen LogP contribution in [-0.2, 0) is 27.1 Å². The highest BCUT2D eigenvalue weighted by Gasteiger charge is 2.27. The average Bonchev–Trinajstić information content (AvgIpc) is 3.23. The normalized spacial score (nSPS) is 15.3. The van der Waals surface area contributed by atoms with Crippen LogP contribution in [0.4, 0.5) is 0 Å². The number of fused-ring (bicyclic) bond motifs is 2. The number of morpholine rings is 1. The van der Waals surface area contributed by atoms with E-state index in [0.717, 1.165) is 46.7 Å². The first kappa shape index (κ1) is 23.2. The Kier molecular flexibility index (Phi) is 6.82. The number of nitrogens with zero attached hydrogens (tertiary/aromatic N) is 5. The zero-order valence-electron chi connectivity index (χ0n) is 19.1. The summed E-state index contributed by atoms with van der Waals surface area (Å²) >= 11 is 1.62.